The van der Waals surface area contributed by atoms with Crippen molar-refractivity contribution < 1.29 is 28.1 Å². The van der Waals surface area contributed by atoms with Crippen LogP contribution in [0.4, 0.5) is 4.39 Å². The fourth-order valence-corrected chi connectivity index (χ4v) is 3.33. The number of unbranched alkanes of at least 4 members (excludes halogenated alkanes) is 2. The van der Waals surface area contributed by atoms with Gasteiger partial charge in [0.25, 0.3) is 5.56 Å². The molecule has 1 aliphatic rings. The van der Waals surface area contributed by atoms with Crippen LogP contribution in [0.1, 0.15) is 52.7 Å². The van der Waals surface area contributed by atoms with Gasteiger partial charge in [0.2, 0.25) is 0 Å². The quantitative estimate of drug-likeness (QED) is 0.397. The van der Waals surface area contributed by atoms with Crippen LogP contribution in [-0.4, -0.2) is 59.8 Å². The highest BCUT2D eigenvalue weighted by molar-refractivity contribution is 5.66. The smallest absolute Gasteiger partial charge is 0.330 e. The van der Waals surface area contributed by atoms with Gasteiger partial charge in [-0.2, -0.15) is 0 Å². The number of esters is 1. The summed E-state index contributed by atoms with van der Waals surface area (Å²) in [4.78, 5) is 37.7. The number of nitrogens with one attached hydrogen (secondary N) is 1. The number of H-pyrrole nitrogens is 1. The molecule has 2 rings (SSSR count). The van der Waals surface area contributed by atoms with Crippen molar-refractivity contribution in [2.75, 3.05) is 26.5 Å². The second kappa shape index (κ2) is 11.4. The molecular weight excluding hydrogens is 399 g/mol. The molecule has 9 nitrogen and oxygen atoms in total. The molecule has 1 fully saturated rings. The van der Waals surface area contributed by atoms with E-state index in [-0.39, 0.29) is 6.61 Å². The summed E-state index contributed by atoms with van der Waals surface area (Å²) >= 11 is 0. The van der Waals surface area contributed by atoms with Crippen molar-refractivity contribution in [3.63, 3.8) is 0 Å². The Kier molecular flexibility index (Phi) is 9.19. The monoisotopic (exact) mass is 430 g/mol. The Morgan fingerprint density at radius 3 is 2.57 bits per heavy atom. The molecule has 1 aliphatic heterocycles. The number of ether oxygens (including phenoxy) is 4. The summed E-state index contributed by atoms with van der Waals surface area (Å²) in [6.07, 6.45) is 1.20. The molecule has 1 N–H and O–H groups in total. The Labute approximate surface area is 174 Å². The lowest BCUT2D eigenvalue weighted by Gasteiger charge is -2.32. The third kappa shape index (κ3) is 5.77. The molecule has 10 heteroatoms. The number of nitrogens with zero attached hydrogens (tertiary/aromatic N) is 1. The lowest BCUT2D eigenvalue weighted by atomic mass is 9.96. The van der Waals surface area contributed by atoms with E-state index in [1.165, 1.54) is 13.1 Å². The summed E-state index contributed by atoms with van der Waals surface area (Å²) in [5.74, 6) is -0.628. The number of alkyl halides is 1. The zero-order valence-corrected chi connectivity index (χ0v) is 17.7. The maximum atomic E-state index is 14.4. The number of rotatable bonds is 12. The van der Waals surface area contributed by atoms with Crippen LogP contribution in [0, 0.1) is 0 Å². The summed E-state index contributed by atoms with van der Waals surface area (Å²) in [5, 5.41) is 0. The van der Waals surface area contributed by atoms with Crippen LogP contribution in [0.5, 0.6) is 0 Å². The van der Waals surface area contributed by atoms with Crippen molar-refractivity contribution in [1.29, 1.82) is 0 Å². The average Bonchev–Trinajstić information content (AvgIpc) is 2.99. The van der Waals surface area contributed by atoms with Crippen LogP contribution in [0.25, 0.3) is 0 Å². The minimum absolute atomic E-state index is 0.132. The predicted octanol–water partition coefficient (Wildman–Crippen LogP) is 1.71. The lowest BCUT2D eigenvalue weighted by Crippen LogP contribution is -2.51. The molecule has 0 spiro atoms. The maximum Gasteiger partial charge on any atom is 0.330 e. The van der Waals surface area contributed by atoms with Crippen LogP contribution in [-0.2, 0) is 23.7 Å². The fraction of sp³-hybridized carbons (Fsp3) is 0.750. The molecule has 0 bridgehead atoms. The average molecular weight is 430 g/mol. The Morgan fingerprint density at radius 2 is 1.97 bits per heavy atom. The number of carbonyl (C=O) groups is 1. The molecule has 0 unspecified atom stereocenters. The molecule has 0 saturated carbocycles. The number of aromatic amines is 1. The number of hydrogen-bond acceptors (Lipinski definition) is 7. The van der Waals surface area contributed by atoms with Crippen molar-refractivity contribution in [2.45, 2.75) is 70.5 Å². The standard InChI is InChI=1S/C20H31FN2O7/c1-4-6-10-27-13-20(12-21)17(28-11-7-5-2)16(29-14(3)24)18(30-20)23-9-8-15(25)22-19(23)26/h8-9,16-18H,4-7,10-13H2,1-3H3,(H,22,25,26)/t16-,17+,18-,20-/m1/s1. The number of carbonyl (C=O) groups excluding carboxylic acids is 1. The molecule has 0 radical (unpaired) electrons. The summed E-state index contributed by atoms with van der Waals surface area (Å²) in [5.41, 5.74) is -2.92. The van der Waals surface area contributed by atoms with Gasteiger partial charge in [-0.15, -0.1) is 0 Å². The Balaban J connectivity index is 2.43. The van der Waals surface area contributed by atoms with E-state index in [1.807, 2.05) is 13.8 Å². The van der Waals surface area contributed by atoms with Crippen molar-refractivity contribution >= 4 is 5.97 Å². The molecular formula is C20H31FN2O7. The number of aromatic nitrogens is 2. The van der Waals surface area contributed by atoms with E-state index in [0.29, 0.717) is 19.6 Å². The summed E-state index contributed by atoms with van der Waals surface area (Å²) in [6, 6.07) is 1.13. The summed E-state index contributed by atoms with van der Waals surface area (Å²) < 4.78 is 38.5. The molecule has 0 aromatic carbocycles. The lowest BCUT2D eigenvalue weighted by molar-refractivity contribution is -0.161. The van der Waals surface area contributed by atoms with Gasteiger partial charge in [0.15, 0.2) is 17.9 Å². The Hall–Kier alpha value is -2.04. The first-order valence-electron chi connectivity index (χ1n) is 10.3. The third-order valence-electron chi connectivity index (χ3n) is 4.89. The van der Waals surface area contributed by atoms with Crippen molar-refractivity contribution in [2.24, 2.45) is 0 Å². The topological polar surface area (TPSA) is 109 Å². The van der Waals surface area contributed by atoms with Crippen molar-refractivity contribution in [3.8, 4) is 0 Å². The largest absolute Gasteiger partial charge is 0.455 e. The first-order valence-corrected chi connectivity index (χ1v) is 10.3. The molecule has 1 aromatic heterocycles. The van der Waals surface area contributed by atoms with Gasteiger partial charge < -0.3 is 18.9 Å². The van der Waals surface area contributed by atoms with Gasteiger partial charge in [0, 0.05) is 32.4 Å². The van der Waals surface area contributed by atoms with Gasteiger partial charge in [-0.1, -0.05) is 26.7 Å². The Bertz CT molecular complexity index is 796. The highest BCUT2D eigenvalue weighted by atomic mass is 19.1. The summed E-state index contributed by atoms with van der Waals surface area (Å²) in [7, 11) is 0. The van der Waals surface area contributed by atoms with E-state index in [4.69, 9.17) is 18.9 Å². The molecule has 0 aliphatic carbocycles. The first-order chi connectivity index (χ1) is 14.4. The van der Waals surface area contributed by atoms with Gasteiger partial charge in [-0.25, -0.2) is 9.18 Å². The van der Waals surface area contributed by atoms with Crippen LogP contribution in [0.3, 0.4) is 0 Å². The zero-order chi connectivity index (χ0) is 22.1. The predicted molar refractivity (Wildman–Crippen MR) is 106 cm³/mol. The van der Waals surface area contributed by atoms with Gasteiger partial charge in [0.1, 0.15) is 12.8 Å². The van der Waals surface area contributed by atoms with E-state index < -0.39 is 47.9 Å². The summed E-state index contributed by atoms with van der Waals surface area (Å²) in [6.45, 7) is 4.80. The van der Waals surface area contributed by atoms with Gasteiger partial charge in [-0.05, 0) is 12.8 Å². The number of halogens is 1. The molecule has 2 heterocycles. The molecule has 1 saturated heterocycles. The van der Waals surface area contributed by atoms with E-state index in [9.17, 15) is 18.8 Å². The SMILES string of the molecule is CCCCOC[C@@]1(CF)O[C@@H](n2ccc(=O)[nH]c2=O)[C@H](OC(C)=O)[C@@H]1OCCCC. The zero-order valence-electron chi connectivity index (χ0n) is 17.7. The highest BCUT2D eigenvalue weighted by Gasteiger charge is 2.59. The minimum atomic E-state index is -1.57. The number of hydrogen-bond donors (Lipinski definition) is 1. The van der Waals surface area contributed by atoms with Crippen molar-refractivity contribution in [1.82, 2.24) is 9.55 Å². The molecule has 0 amide bonds. The first kappa shape index (κ1) is 24.2. The molecule has 1 aromatic rings. The Morgan fingerprint density at radius 1 is 1.27 bits per heavy atom. The second-order valence-electron chi connectivity index (χ2n) is 7.35. The molecule has 4 atom stereocenters. The van der Waals surface area contributed by atoms with E-state index in [0.717, 1.165) is 29.9 Å². The van der Waals surface area contributed by atoms with Gasteiger partial charge in [0.05, 0.1) is 6.61 Å². The highest BCUT2D eigenvalue weighted by Crippen LogP contribution is 2.41. The van der Waals surface area contributed by atoms with Crippen LogP contribution in [0.2, 0.25) is 0 Å². The van der Waals surface area contributed by atoms with Crippen LogP contribution >= 0.6 is 0 Å². The maximum absolute atomic E-state index is 14.4. The second-order valence-corrected chi connectivity index (χ2v) is 7.35. The van der Waals surface area contributed by atoms with Crippen LogP contribution < -0.4 is 11.2 Å². The third-order valence-corrected chi connectivity index (χ3v) is 4.89. The normalized spacial score (nSPS) is 26.1. The molecule has 30 heavy (non-hydrogen) atoms. The fourth-order valence-electron chi connectivity index (χ4n) is 3.33. The van der Waals surface area contributed by atoms with E-state index in [2.05, 4.69) is 4.98 Å². The van der Waals surface area contributed by atoms with Gasteiger partial charge >= 0.3 is 11.7 Å². The van der Waals surface area contributed by atoms with E-state index in [1.54, 1.807) is 0 Å². The van der Waals surface area contributed by atoms with Gasteiger partial charge in [-0.3, -0.25) is 19.1 Å². The molecule has 170 valence electrons. The minimum Gasteiger partial charge on any atom is -0.455 e. The van der Waals surface area contributed by atoms with Crippen molar-refractivity contribution in [3.05, 3.63) is 33.1 Å². The van der Waals surface area contributed by atoms with E-state index >= 15 is 0 Å². The van der Waals surface area contributed by atoms with Crippen LogP contribution in [0.15, 0.2) is 21.9 Å².